The number of anilines is 1. The Morgan fingerprint density at radius 3 is 2.57 bits per heavy atom. The smallest absolute Gasteiger partial charge is 0.360 e. The van der Waals surface area contributed by atoms with E-state index in [1.54, 1.807) is 48.2 Å². The molecule has 0 spiro atoms. The molecular weight excluding hydrogens is 394 g/mol. The molecule has 0 saturated carbocycles. The fraction of sp³-hybridized carbons (Fsp3) is 0.200. The number of amides is 1. The van der Waals surface area contributed by atoms with Crippen LogP contribution in [0.5, 0.6) is 0 Å². The summed E-state index contributed by atoms with van der Waals surface area (Å²) in [6, 6.07) is 14.6. The molecule has 0 fully saturated rings. The van der Waals surface area contributed by atoms with Crippen LogP contribution in [0.1, 0.15) is 5.56 Å². The molecule has 0 aromatic heterocycles. The number of nitrogens with zero attached hydrogens (tertiary/aromatic N) is 3. The van der Waals surface area contributed by atoms with Crippen LogP contribution in [0.3, 0.4) is 0 Å². The number of para-hydroxylation sites is 1. The van der Waals surface area contributed by atoms with Crippen molar-refractivity contribution in [2.75, 3.05) is 16.4 Å². The van der Waals surface area contributed by atoms with Crippen molar-refractivity contribution < 1.29 is 18.0 Å². The zero-order chi connectivity index (χ0) is 20.1. The first-order chi connectivity index (χ1) is 13.5. The summed E-state index contributed by atoms with van der Waals surface area (Å²) < 4.78 is 25.8. The topological polar surface area (TPSA) is 90.8 Å². The Morgan fingerprint density at radius 2 is 1.89 bits per heavy atom. The molecule has 1 aliphatic rings. The standard InChI is InChI=1S/C20H19N3O3S2/c1-2-12-27-14-16-13-15-8-6-7-11-18(15)23(16)20(24)19(22-21)28(25,26)17-9-4-3-5-10-17/h2-11,16H,1,12-14H2. The summed E-state index contributed by atoms with van der Waals surface area (Å²) in [5, 5.41) is -0.880. The molecule has 144 valence electrons. The number of carbonyl (C=O) groups is 1. The minimum Gasteiger partial charge on any atom is -0.360 e. The zero-order valence-corrected chi connectivity index (χ0v) is 16.7. The lowest BCUT2D eigenvalue weighted by Crippen LogP contribution is -2.45. The van der Waals surface area contributed by atoms with Gasteiger partial charge in [-0.15, -0.1) is 11.4 Å². The van der Waals surface area contributed by atoms with Crippen molar-refractivity contribution in [2.24, 2.45) is 0 Å². The summed E-state index contributed by atoms with van der Waals surface area (Å²) in [5.74, 6) is 0.495. The predicted octanol–water partition coefficient (Wildman–Crippen LogP) is 2.97. The largest absolute Gasteiger partial charge is 0.474 e. The lowest BCUT2D eigenvalue weighted by atomic mass is 10.1. The van der Waals surface area contributed by atoms with Crippen LogP contribution in [0.2, 0.25) is 0 Å². The second-order valence-electron chi connectivity index (χ2n) is 6.21. The first kappa shape index (κ1) is 20.1. The molecule has 0 N–H and O–H groups in total. The normalized spacial score (nSPS) is 15.6. The van der Waals surface area contributed by atoms with E-state index < -0.39 is 20.8 Å². The van der Waals surface area contributed by atoms with Crippen molar-refractivity contribution in [1.29, 1.82) is 0 Å². The molecule has 1 unspecified atom stereocenters. The van der Waals surface area contributed by atoms with E-state index in [4.69, 9.17) is 0 Å². The maximum atomic E-state index is 13.2. The molecule has 1 atom stereocenters. The van der Waals surface area contributed by atoms with Crippen LogP contribution >= 0.6 is 11.8 Å². The molecule has 0 saturated heterocycles. The van der Waals surface area contributed by atoms with Gasteiger partial charge in [0.1, 0.15) is 0 Å². The Kier molecular flexibility index (Phi) is 6.14. The number of carbonyl (C=O) groups excluding carboxylic acids is 1. The maximum Gasteiger partial charge on any atom is 0.474 e. The van der Waals surface area contributed by atoms with Gasteiger partial charge in [-0.1, -0.05) is 42.5 Å². The van der Waals surface area contributed by atoms with Gasteiger partial charge in [-0.2, -0.15) is 11.8 Å². The van der Waals surface area contributed by atoms with Gasteiger partial charge in [0.2, 0.25) is 0 Å². The molecular formula is C20H19N3O3S2. The second-order valence-corrected chi connectivity index (χ2v) is 9.15. The van der Waals surface area contributed by atoms with Crippen molar-refractivity contribution in [2.45, 2.75) is 17.4 Å². The Bertz CT molecular complexity index is 1050. The summed E-state index contributed by atoms with van der Waals surface area (Å²) >= 11 is 1.60. The summed E-state index contributed by atoms with van der Waals surface area (Å²) in [4.78, 5) is 17.5. The fourth-order valence-corrected chi connectivity index (χ4v) is 5.20. The van der Waals surface area contributed by atoms with E-state index in [-0.39, 0.29) is 10.9 Å². The van der Waals surface area contributed by atoms with E-state index in [0.29, 0.717) is 17.9 Å². The van der Waals surface area contributed by atoms with Crippen LogP contribution in [0.4, 0.5) is 5.69 Å². The van der Waals surface area contributed by atoms with Crippen molar-refractivity contribution in [3.8, 4) is 0 Å². The van der Waals surface area contributed by atoms with Crippen LogP contribution in [-0.2, 0) is 21.1 Å². The monoisotopic (exact) mass is 413 g/mol. The SMILES string of the molecule is C=CCSCC1Cc2ccccc2N1C(=O)C(=[N+]=[N-])S(=O)(=O)c1ccccc1. The van der Waals surface area contributed by atoms with E-state index in [1.165, 1.54) is 17.0 Å². The molecule has 1 heterocycles. The fourth-order valence-electron chi connectivity index (χ4n) is 3.18. The van der Waals surface area contributed by atoms with E-state index >= 15 is 0 Å². The number of thioether (sulfide) groups is 1. The third-order valence-corrected chi connectivity index (χ3v) is 7.17. The van der Waals surface area contributed by atoms with Crippen molar-refractivity contribution >= 4 is 38.2 Å². The van der Waals surface area contributed by atoms with Crippen molar-refractivity contribution in [3.05, 3.63) is 78.3 Å². The van der Waals surface area contributed by atoms with Crippen LogP contribution in [0.15, 0.2) is 72.1 Å². The van der Waals surface area contributed by atoms with Gasteiger partial charge in [-0.05, 0) is 30.2 Å². The van der Waals surface area contributed by atoms with Gasteiger partial charge in [-0.25, -0.2) is 8.42 Å². The van der Waals surface area contributed by atoms with Gasteiger partial charge >= 0.3 is 11.0 Å². The number of sulfone groups is 1. The summed E-state index contributed by atoms with van der Waals surface area (Å²) in [6.45, 7) is 3.69. The molecule has 0 aliphatic carbocycles. The van der Waals surface area contributed by atoms with Crippen LogP contribution in [0, 0.1) is 0 Å². The number of fused-ring (bicyclic) bond motifs is 1. The molecule has 6 nitrogen and oxygen atoms in total. The van der Waals surface area contributed by atoms with Crippen molar-refractivity contribution in [1.82, 2.24) is 0 Å². The number of rotatable bonds is 5. The predicted molar refractivity (Wildman–Crippen MR) is 111 cm³/mol. The molecule has 8 heteroatoms. The molecule has 0 radical (unpaired) electrons. The quantitative estimate of drug-likeness (QED) is 0.188. The molecule has 2 aromatic carbocycles. The third-order valence-electron chi connectivity index (χ3n) is 4.42. The highest BCUT2D eigenvalue weighted by Crippen LogP contribution is 2.34. The number of benzene rings is 2. The average molecular weight is 414 g/mol. The van der Waals surface area contributed by atoms with E-state index in [0.717, 1.165) is 11.3 Å². The molecule has 2 aromatic rings. The maximum absolute atomic E-state index is 13.2. The van der Waals surface area contributed by atoms with Gasteiger partial charge in [0.25, 0.3) is 9.84 Å². The zero-order valence-electron chi connectivity index (χ0n) is 15.1. The highest BCUT2D eigenvalue weighted by molar-refractivity contribution is 8.08. The molecule has 0 bridgehead atoms. The molecule has 1 aliphatic heterocycles. The second kappa shape index (κ2) is 8.56. The van der Waals surface area contributed by atoms with Gasteiger partial charge in [-0.3, -0.25) is 9.69 Å². The van der Waals surface area contributed by atoms with Gasteiger partial charge in [0.15, 0.2) is 0 Å². The lowest BCUT2D eigenvalue weighted by molar-refractivity contribution is -0.116. The number of hydrogen-bond acceptors (Lipinski definition) is 4. The Morgan fingerprint density at radius 1 is 1.21 bits per heavy atom. The van der Waals surface area contributed by atoms with Gasteiger partial charge in [0.05, 0.1) is 10.9 Å². The average Bonchev–Trinajstić information content (AvgIpc) is 3.07. The Labute approximate surface area is 168 Å². The Balaban J connectivity index is 1.99. The first-order valence-corrected chi connectivity index (χ1v) is 11.3. The summed E-state index contributed by atoms with van der Waals surface area (Å²) in [6.07, 6.45) is 2.38. The third kappa shape index (κ3) is 3.80. The summed E-state index contributed by atoms with van der Waals surface area (Å²) in [7, 11) is -4.25. The molecule has 3 rings (SSSR count). The van der Waals surface area contributed by atoms with Crippen LogP contribution in [-0.4, -0.2) is 41.7 Å². The highest BCUT2D eigenvalue weighted by atomic mass is 32.2. The van der Waals surface area contributed by atoms with E-state index in [1.807, 2.05) is 12.1 Å². The minimum absolute atomic E-state index is 0.0961. The summed E-state index contributed by atoms with van der Waals surface area (Å²) in [5.41, 5.74) is 11.0. The van der Waals surface area contributed by atoms with E-state index in [2.05, 4.69) is 11.4 Å². The minimum atomic E-state index is -4.25. The first-order valence-electron chi connectivity index (χ1n) is 8.63. The van der Waals surface area contributed by atoms with Gasteiger partial charge in [0, 0.05) is 17.2 Å². The van der Waals surface area contributed by atoms with Gasteiger partial charge < -0.3 is 5.53 Å². The van der Waals surface area contributed by atoms with Crippen molar-refractivity contribution in [3.63, 3.8) is 0 Å². The van der Waals surface area contributed by atoms with Crippen LogP contribution < -0.4 is 4.90 Å². The lowest BCUT2D eigenvalue weighted by Gasteiger charge is -2.23. The van der Waals surface area contributed by atoms with Crippen LogP contribution in [0.25, 0.3) is 5.53 Å². The number of hydrogen-bond donors (Lipinski definition) is 0. The molecule has 28 heavy (non-hydrogen) atoms. The molecule has 1 amide bonds. The highest BCUT2D eigenvalue weighted by Gasteiger charge is 2.45. The Hall–Kier alpha value is -2.67. The van der Waals surface area contributed by atoms with E-state index in [9.17, 15) is 18.7 Å².